The summed E-state index contributed by atoms with van der Waals surface area (Å²) in [5.41, 5.74) is 7.90. The average Bonchev–Trinajstić information content (AvgIpc) is 2.94. The molecule has 0 radical (unpaired) electrons. The summed E-state index contributed by atoms with van der Waals surface area (Å²) >= 11 is 0. The predicted molar refractivity (Wildman–Crippen MR) is 75.4 cm³/mol. The monoisotopic (exact) mass is 245 g/mol. The van der Waals surface area contributed by atoms with E-state index >= 15 is 0 Å². The molecule has 3 N–H and O–H groups in total. The van der Waals surface area contributed by atoms with Crippen molar-refractivity contribution in [3.63, 3.8) is 0 Å². The maximum absolute atomic E-state index is 6.02. The van der Waals surface area contributed by atoms with Crippen LogP contribution in [-0.2, 0) is 0 Å². The first-order valence-electron chi connectivity index (χ1n) is 7.12. The lowest BCUT2D eigenvalue weighted by molar-refractivity contribution is 0.304. The van der Waals surface area contributed by atoms with Gasteiger partial charge in [-0.25, -0.2) is 4.98 Å². The molecule has 18 heavy (non-hydrogen) atoms. The first kappa shape index (κ1) is 11.8. The van der Waals surface area contributed by atoms with Gasteiger partial charge in [0.15, 0.2) is 0 Å². The number of hydrogen-bond acceptors (Lipinski definition) is 3. The molecule has 3 rings (SSSR count). The molecular formula is C15H23N3. The number of aromatic nitrogens is 1. The fourth-order valence-corrected chi connectivity index (χ4v) is 3.94. The fraction of sp³-hybridized carbons (Fsp3) is 0.667. The summed E-state index contributed by atoms with van der Waals surface area (Å²) in [4.78, 5) is 4.42. The molecule has 98 valence electrons. The Morgan fingerprint density at radius 3 is 2.83 bits per heavy atom. The van der Waals surface area contributed by atoms with Crippen molar-refractivity contribution in [2.75, 3.05) is 11.1 Å². The molecule has 2 saturated carbocycles. The summed E-state index contributed by atoms with van der Waals surface area (Å²) in [6, 6.07) is 2.47. The number of hydrogen-bond donors (Lipinski definition) is 2. The van der Waals surface area contributed by atoms with Crippen LogP contribution < -0.4 is 11.1 Å². The van der Waals surface area contributed by atoms with E-state index in [4.69, 9.17) is 5.73 Å². The Balaban J connectivity index is 1.69. The van der Waals surface area contributed by atoms with Crippen molar-refractivity contribution in [3.05, 3.63) is 17.8 Å². The van der Waals surface area contributed by atoms with E-state index in [0.29, 0.717) is 6.04 Å². The Labute approximate surface area is 109 Å². The molecule has 2 fully saturated rings. The summed E-state index contributed by atoms with van der Waals surface area (Å²) in [5.74, 6) is 3.60. The van der Waals surface area contributed by atoms with Crippen molar-refractivity contribution in [3.8, 4) is 0 Å². The van der Waals surface area contributed by atoms with Crippen LogP contribution in [0.15, 0.2) is 12.3 Å². The lowest BCUT2D eigenvalue weighted by Gasteiger charge is -2.29. The highest BCUT2D eigenvalue weighted by Crippen LogP contribution is 2.49. The van der Waals surface area contributed by atoms with Crippen molar-refractivity contribution in [2.45, 2.75) is 45.6 Å². The van der Waals surface area contributed by atoms with Crippen LogP contribution in [0.3, 0.4) is 0 Å². The Morgan fingerprint density at radius 2 is 2.22 bits per heavy atom. The summed E-state index contributed by atoms with van der Waals surface area (Å²) in [6.07, 6.45) is 7.61. The highest BCUT2D eigenvalue weighted by atomic mass is 15.0. The van der Waals surface area contributed by atoms with Gasteiger partial charge >= 0.3 is 0 Å². The van der Waals surface area contributed by atoms with Gasteiger partial charge in [0.05, 0.1) is 5.69 Å². The Hall–Kier alpha value is -1.25. The van der Waals surface area contributed by atoms with Crippen LogP contribution in [0.25, 0.3) is 0 Å². The second kappa shape index (κ2) is 4.45. The van der Waals surface area contributed by atoms with Crippen LogP contribution in [0.2, 0.25) is 0 Å². The first-order chi connectivity index (χ1) is 8.63. The smallest absolute Gasteiger partial charge is 0.149 e. The molecule has 0 saturated heterocycles. The van der Waals surface area contributed by atoms with Gasteiger partial charge in [0.2, 0.25) is 0 Å². The maximum Gasteiger partial charge on any atom is 0.149 e. The SMILES string of the molecule is Cc1cnc(NC(C)C2CC3CCC2C3)c(N)c1. The molecule has 0 amide bonds. The second-order valence-electron chi connectivity index (χ2n) is 6.22. The molecule has 1 aromatic rings. The van der Waals surface area contributed by atoms with Gasteiger partial charge in [-0.05, 0) is 62.5 Å². The Morgan fingerprint density at radius 1 is 1.39 bits per heavy atom. The zero-order chi connectivity index (χ0) is 12.7. The molecule has 2 aliphatic rings. The highest BCUT2D eigenvalue weighted by Gasteiger charge is 2.41. The van der Waals surface area contributed by atoms with Gasteiger partial charge in [-0.15, -0.1) is 0 Å². The van der Waals surface area contributed by atoms with Crippen LogP contribution in [0.4, 0.5) is 11.5 Å². The normalized spacial score (nSPS) is 31.6. The minimum atomic E-state index is 0.484. The van der Waals surface area contributed by atoms with Crippen molar-refractivity contribution in [1.82, 2.24) is 4.98 Å². The van der Waals surface area contributed by atoms with E-state index in [1.54, 1.807) is 0 Å². The van der Waals surface area contributed by atoms with Gasteiger partial charge in [0.25, 0.3) is 0 Å². The number of aryl methyl sites for hydroxylation is 1. The lowest BCUT2D eigenvalue weighted by Crippen LogP contribution is -2.30. The molecule has 4 unspecified atom stereocenters. The number of nitrogens with one attached hydrogen (secondary N) is 1. The second-order valence-corrected chi connectivity index (χ2v) is 6.22. The van der Waals surface area contributed by atoms with Crippen LogP contribution in [0.1, 0.15) is 38.2 Å². The van der Waals surface area contributed by atoms with Gasteiger partial charge in [-0.3, -0.25) is 0 Å². The molecule has 3 heteroatoms. The molecule has 1 aromatic heterocycles. The predicted octanol–water partition coefficient (Wildman–Crippen LogP) is 3.21. The van der Waals surface area contributed by atoms with Gasteiger partial charge in [0.1, 0.15) is 5.82 Å². The summed E-state index contributed by atoms with van der Waals surface area (Å²) in [7, 11) is 0. The average molecular weight is 245 g/mol. The molecular weight excluding hydrogens is 222 g/mol. The van der Waals surface area contributed by atoms with Gasteiger partial charge in [0, 0.05) is 12.2 Å². The number of nitrogens with zero attached hydrogens (tertiary/aromatic N) is 1. The van der Waals surface area contributed by atoms with Crippen LogP contribution in [0, 0.1) is 24.7 Å². The van der Waals surface area contributed by atoms with Crippen LogP contribution >= 0.6 is 0 Å². The zero-order valence-electron chi connectivity index (χ0n) is 11.3. The molecule has 4 atom stereocenters. The van der Waals surface area contributed by atoms with E-state index < -0.39 is 0 Å². The minimum absolute atomic E-state index is 0.484. The zero-order valence-corrected chi connectivity index (χ0v) is 11.3. The summed E-state index contributed by atoms with van der Waals surface area (Å²) in [6.45, 7) is 4.30. The fourth-order valence-electron chi connectivity index (χ4n) is 3.94. The van der Waals surface area contributed by atoms with E-state index in [9.17, 15) is 0 Å². The van der Waals surface area contributed by atoms with E-state index in [1.165, 1.54) is 25.7 Å². The van der Waals surface area contributed by atoms with Crippen molar-refractivity contribution in [2.24, 2.45) is 17.8 Å². The molecule has 0 aromatic carbocycles. The maximum atomic E-state index is 6.02. The van der Waals surface area contributed by atoms with E-state index in [2.05, 4.69) is 17.2 Å². The largest absolute Gasteiger partial charge is 0.396 e. The van der Waals surface area contributed by atoms with Crippen molar-refractivity contribution < 1.29 is 0 Å². The Kier molecular flexibility index (Phi) is 2.92. The summed E-state index contributed by atoms with van der Waals surface area (Å²) < 4.78 is 0. The van der Waals surface area contributed by atoms with E-state index in [-0.39, 0.29) is 0 Å². The molecule has 2 aliphatic carbocycles. The first-order valence-corrected chi connectivity index (χ1v) is 7.12. The van der Waals surface area contributed by atoms with Crippen molar-refractivity contribution in [1.29, 1.82) is 0 Å². The van der Waals surface area contributed by atoms with Crippen LogP contribution in [-0.4, -0.2) is 11.0 Å². The summed E-state index contributed by atoms with van der Waals surface area (Å²) in [5, 5.41) is 3.53. The molecule has 1 heterocycles. The molecule has 0 aliphatic heterocycles. The Bertz CT molecular complexity index is 443. The quantitative estimate of drug-likeness (QED) is 0.859. The number of pyridine rings is 1. The third kappa shape index (κ3) is 2.06. The number of nitrogen functional groups attached to an aromatic ring is 1. The third-order valence-corrected chi connectivity index (χ3v) is 4.85. The molecule has 0 spiro atoms. The molecule has 3 nitrogen and oxygen atoms in total. The number of anilines is 2. The van der Waals surface area contributed by atoms with Gasteiger partial charge in [-0.2, -0.15) is 0 Å². The van der Waals surface area contributed by atoms with Gasteiger partial charge < -0.3 is 11.1 Å². The lowest BCUT2D eigenvalue weighted by atomic mass is 9.84. The van der Waals surface area contributed by atoms with Gasteiger partial charge in [-0.1, -0.05) is 6.42 Å². The number of fused-ring (bicyclic) bond motifs is 2. The minimum Gasteiger partial charge on any atom is -0.396 e. The number of nitrogens with two attached hydrogens (primary N) is 1. The highest BCUT2D eigenvalue weighted by molar-refractivity contribution is 5.62. The number of rotatable bonds is 3. The molecule has 2 bridgehead atoms. The topological polar surface area (TPSA) is 50.9 Å². The van der Waals surface area contributed by atoms with Crippen molar-refractivity contribution >= 4 is 11.5 Å². The third-order valence-electron chi connectivity index (χ3n) is 4.85. The standard InChI is InChI=1S/C15H23N3/c1-9-5-14(16)15(17-8-9)18-10(2)13-7-11-3-4-12(13)6-11/h5,8,10-13H,3-4,6-7,16H2,1-2H3,(H,17,18). The van der Waals surface area contributed by atoms with E-state index in [1.807, 2.05) is 19.2 Å². The van der Waals surface area contributed by atoms with E-state index in [0.717, 1.165) is 34.8 Å². The van der Waals surface area contributed by atoms with Crippen LogP contribution in [0.5, 0.6) is 0 Å².